The summed E-state index contributed by atoms with van der Waals surface area (Å²) in [4.78, 5) is 2.42. The molecule has 2 aliphatic rings. The van der Waals surface area contributed by atoms with Gasteiger partial charge in [-0.25, -0.2) is 0 Å². The largest absolute Gasteiger partial charge is 0.393 e. The fraction of sp³-hybridized carbons (Fsp3) is 1.00. The van der Waals surface area contributed by atoms with E-state index in [2.05, 4.69) is 24.2 Å². The second kappa shape index (κ2) is 6.88. The summed E-state index contributed by atoms with van der Waals surface area (Å²) in [6, 6.07) is 0.604. The number of aliphatic hydroxyl groups is 1. The van der Waals surface area contributed by atoms with Crippen LogP contribution in [0.4, 0.5) is 0 Å². The SMILES string of the molecule is CC(NCC1CCCCC1O)C1CCN(C)CC1. The van der Waals surface area contributed by atoms with Crippen LogP contribution < -0.4 is 5.32 Å². The maximum Gasteiger partial charge on any atom is 0.0580 e. The summed E-state index contributed by atoms with van der Waals surface area (Å²) in [5.41, 5.74) is 0. The lowest BCUT2D eigenvalue weighted by Gasteiger charge is -2.35. The lowest BCUT2D eigenvalue weighted by atomic mass is 9.85. The summed E-state index contributed by atoms with van der Waals surface area (Å²) < 4.78 is 0. The Hall–Kier alpha value is -0.120. The molecule has 2 N–H and O–H groups in total. The average Bonchev–Trinajstić information content (AvgIpc) is 2.38. The molecule has 0 aromatic carbocycles. The molecule has 3 nitrogen and oxygen atoms in total. The zero-order chi connectivity index (χ0) is 13.0. The number of aliphatic hydroxyl groups excluding tert-OH is 1. The lowest BCUT2D eigenvalue weighted by Crippen LogP contribution is -2.44. The maximum atomic E-state index is 9.98. The summed E-state index contributed by atoms with van der Waals surface area (Å²) in [5, 5.41) is 13.7. The van der Waals surface area contributed by atoms with E-state index in [0.717, 1.165) is 18.9 Å². The van der Waals surface area contributed by atoms with Crippen molar-refractivity contribution in [2.45, 2.75) is 57.6 Å². The molecule has 0 aromatic rings. The number of rotatable bonds is 4. The second-order valence-electron chi connectivity index (χ2n) is 6.45. The number of hydrogen-bond acceptors (Lipinski definition) is 3. The van der Waals surface area contributed by atoms with Crippen LogP contribution in [0.2, 0.25) is 0 Å². The summed E-state index contributed by atoms with van der Waals surface area (Å²) in [6.07, 6.45) is 7.30. The molecule has 0 spiro atoms. The normalized spacial score (nSPS) is 33.5. The highest BCUT2D eigenvalue weighted by Gasteiger charge is 2.26. The molecule has 1 heterocycles. The van der Waals surface area contributed by atoms with Crippen LogP contribution in [0.5, 0.6) is 0 Å². The zero-order valence-corrected chi connectivity index (χ0v) is 12.1. The molecule has 1 aliphatic carbocycles. The van der Waals surface area contributed by atoms with E-state index in [0.29, 0.717) is 12.0 Å². The lowest BCUT2D eigenvalue weighted by molar-refractivity contribution is 0.0659. The van der Waals surface area contributed by atoms with Crippen molar-refractivity contribution in [3.8, 4) is 0 Å². The van der Waals surface area contributed by atoms with E-state index in [1.807, 2.05) is 0 Å². The Kier molecular flexibility index (Phi) is 5.46. The Bertz CT molecular complexity index is 239. The van der Waals surface area contributed by atoms with Crippen LogP contribution in [0, 0.1) is 11.8 Å². The van der Waals surface area contributed by atoms with Crippen molar-refractivity contribution >= 4 is 0 Å². The fourth-order valence-electron chi connectivity index (χ4n) is 3.46. The van der Waals surface area contributed by atoms with Crippen LogP contribution >= 0.6 is 0 Å². The molecule has 3 atom stereocenters. The molecule has 1 saturated heterocycles. The van der Waals surface area contributed by atoms with E-state index < -0.39 is 0 Å². The minimum atomic E-state index is -0.0593. The van der Waals surface area contributed by atoms with Gasteiger partial charge in [-0.2, -0.15) is 0 Å². The van der Waals surface area contributed by atoms with Crippen LogP contribution in [0.1, 0.15) is 45.4 Å². The van der Waals surface area contributed by atoms with E-state index in [1.54, 1.807) is 0 Å². The van der Waals surface area contributed by atoms with Gasteiger partial charge in [0.15, 0.2) is 0 Å². The first-order valence-electron chi connectivity index (χ1n) is 7.77. The molecule has 2 fully saturated rings. The van der Waals surface area contributed by atoms with Crippen LogP contribution in [0.25, 0.3) is 0 Å². The first kappa shape index (κ1) is 14.3. The number of nitrogens with one attached hydrogen (secondary N) is 1. The van der Waals surface area contributed by atoms with Gasteiger partial charge in [0, 0.05) is 12.6 Å². The monoisotopic (exact) mass is 254 g/mol. The molecule has 18 heavy (non-hydrogen) atoms. The highest BCUT2D eigenvalue weighted by Crippen LogP contribution is 2.25. The first-order chi connectivity index (χ1) is 8.66. The van der Waals surface area contributed by atoms with Crippen molar-refractivity contribution in [2.75, 3.05) is 26.7 Å². The van der Waals surface area contributed by atoms with Gasteiger partial charge in [0.25, 0.3) is 0 Å². The third kappa shape index (κ3) is 3.94. The summed E-state index contributed by atoms with van der Waals surface area (Å²) in [6.45, 7) is 5.81. The molecular weight excluding hydrogens is 224 g/mol. The Balaban J connectivity index is 1.69. The highest BCUT2D eigenvalue weighted by atomic mass is 16.3. The summed E-state index contributed by atoms with van der Waals surface area (Å²) in [7, 11) is 2.21. The Labute approximate surface area is 112 Å². The Morgan fingerprint density at radius 1 is 1.17 bits per heavy atom. The van der Waals surface area contributed by atoms with Gasteiger partial charge in [-0.05, 0) is 64.6 Å². The quantitative estimate of drug-likeness (QED) is 0.804. The van der Waals surface area contributed by atoms with Gasteiger partial charge in [0.2, 0.25) is 0 Å². The van der Waals surface area contributed by atoms with Gasteiger partial charge in [0.1, 0.15) is 0 Å². The third-order valence-electron chi connectivity index (χ3n) is 5.04. The van der Waals surface area contributed by atoms with Crippen LogP contribution in [0.3, 0.4) is 0 Å². The van der Waals surface area contributed by atoms with Crippen molar-refractivity contribution in [1.29, 1.82) is 0 Å². The van der Waals surface area contributed by atoms with Crippen molar-refractivity contribution < 1.29 is 5.11 Å². The molecule has 0 bridgehead atoms. The molecule has 1 aliphatic heterocycles. The molecule has 2 rings (SSSR count). The topological polar surface area (TPSA) is 35.5 Å². The van der Waals surface area contributed by atoms with Gasteiger partial charge in [-0.15, -0.1) is 0 Å². The van der Waals surface area contributed by atoms with E-state index in [4.69, 9.17) is 0 Å². The molecule has 0 aromatic heterocycles. The van der Waals surface area contributed by atoms with E-state index in [-0.39, 0.29) is 6.10 Å². The molecule has 3 unspecified atom stereocenters. The molecule has 3 heteroatoms. The standard InChI is InChI=1S/C15H30N2O/c1-12(13-7-9-17(2)10-8-13)16-11-14-5-3-4-6-15(14)18/h12-16,18H,3-11H2,1-2H3. The third-order valence-corrected chi connectivity index (χ3v) is 5.04. The number of hydrogen-bond donors (Lipinski definition) is 2. The fourth-order valence-corrected chi connectivity index (χ4v) is 3.46. The molecule has 1 saturated carbocycles. The second-order valence-corrected chi connectivity index (χ2v) is 6.45. The van der Waals surface area contributed by atoms with Crippen LogP contribution in [-0.2, 0) is 0 Å². The van der Waals surface area contributed by atoms with Crippen molar-refractivity contribution in [3.05, 3.63) is 0 Å². The minimum absolute atomic E-state index is 0.0593. The predicted octanol–water partition coefficient (Wildman–Crippen LogP) is 1.86. The van der Waals surface area contributed by atoms with Gasteiger partial charge in [-0.1, -0.05) is 12.8 Å². The van der Waals surface area contributed by atoms with E-state index in [9.17, 15) is 5.11 Å². The maximum absolute atomic E-state index is 9.98. The van der Waals surface area contributed by atoms with Crippen LogP contribution in [-0.4, -0.2) is 48.8 Å². The van der Waals surface area contributed by atoms with Crippen LogP contribution in [0.15, 0.2) is 0 Å². The average molecular weight is 254 g/mol. The zero-order valence-electron chi connectivity index (χ0n) is 12.1. The van der Waals surface area contributed by atoms with Gasteiger partial charge < -0.3 is 15.3 Å². The van der Waals surface area contributed by atoms with Crippen molar-refractivity contribution in [3.63, 3.8) is 0 Å². The summed E-state index contributed by atoms with van der Waals surface area (Å²) >= 11 is 0. The molecule has 106 valence electrons. The first-order valence-corrected chi connectivity index (χ1v) is 7.77. The molecule has 0 radical (unpaired) electrons. The highest BCUT2D eigenvalue weighted by molar-refractivity contribution is 4.81. The van der Waals surface area contributed by atoms with E-state index in [1.165, 1.54) is 45.2 Å². The molecular formula is C15H30N2O. The minimum Gasteiger partial charge on any atom is -0.393 e. The van der Waals surface area contributed by atoms with E-state index >= 15 is 0 Å². The number of nitrogens with zero attached hydrogens (tertiary/aromatic N) is 1. The van der Waals surface area contributed by atoms with Crippen molar-refractivity contribution in [1.82, 2.24) is 10.2 Å². The Morgan fingerprint density at radius 3 is 2.50 bits per heavy atom. The van der Waals surface area contributed by atoms with Gasteiger partial charge in [-0.3, -0.25) is 0 Å². The predicted molar refractivity (Wildman–Crippen MR) is 75.7 cm³/mol. The van der Waals surface area contributed by atoms with Gasteiger partial charge >= 0.3 is 0 Å². The smallest absolute Gasteiger partial charge is 0.0580 e. The number of likely N-dealkylation sites (tertiary alicyclic amines) is 1. The molecule has 0 amide bonds. The summed E-state index contributed by atoms with van der Waals surface area (Å²) in [5.74, 6) is 1.31. The van der Waals surface area contributed by atoms with Crippen molar-refractivity contribution in [2.24, 2.45) is 11.8 Å². The Morgan fingerprint density at radius 2 is 1.83 bits per heavy atom. The van der Waals surface area contributed by atoms with Gasteiger partial charge in [0.05, 0.1) is 6.10 Å². The number of piperidine rings is 1.